The van der Waals surface area contributed by atoms with Crippen molar-refractivity contribution in [2.45, 2.75) is 13.0 Å². The summed E-state index contributed by atoms with van der Waals surface area (Å²) < 4.78 is 2.05. The van der Waals surface area contributed by atoms with Crippen molar-refractivity contribution >= 4 is 5.52 Å². The van der Waals surface area contributed by atoms with Gasteiger partial charge < -0.3 is 9.72 Å². The number of fused-ring (bicyclic) bond motifs is 1. The summed E-state index contributed by atoms with van der Waals surface area (Å²) in [5, 5.41) is 12.8. The van der Waals surface area contributed by atoms with Gasteiger partial charge in [0, 0.05) is 37.6 Å². The molecule has 2 aromatic rings. The first-order valence-electron chi connectivity index (χ1n) is 6.80. The van der Waals surface area contributed by atoms with E-state index < -0.39 is 0 Å². The first-order valence-corrected chi connectivity index (χ1v) is 6.80. The van der Waals surface area contributed by atoms with E-state index in [-0.39, 0.29) is 0 Å². The van der Waals surface area contributed by atoms with Crippen molar-refractivity contribution in [3.8, 4) is 6.07 Å². The van der Waals surface area contributed by atoms with E-state index in [0.717, 1.165) is 49.4 Å². The third kappa shape index (κ3) is 2.48. The molecule has 0 radical (unpaired) electrons. The highest BCUT2D eigenvalue weighted by atomic mass is 15.1. The van der Waals surface area contributed by atoms with Gasteiger partial charge in [-0.3, -0.25) is 4.90 Å². The molecule has 1 fully saturated rings. The van der Waals surface area contributed by atoms with Gasteiger partial charge >= 0.3 is 0 Å². The topological polar surface area (TPSA) is 43.5 Å². The molecule has 3 heterocycles. The van der Waals surface area contributed by atoms with Crippen LogP contribution in [0.1, 0.15) is 17.5 Å². The van der Waals surface area contributed by atoms with Crippen LogP contribution in [0, 0.1) is 11.3 Å². The highest BCUT2D eigenvalue weighted by molar-refractivity contribution is 5.65. The maximum atomic E-state index is 9.40. The summed E-state index contributed by atoms with van der Waals surface area (Å²) in [6.45, 7) is 5.15. The molecular formula is C15H18N4. The van der Waals surface area contributed by atoms with Crippen LogP contribution in [-0.4, -0.2) is 35.5 Å². The van der Waals surface area contributed by atoms with Crippen LogP contribution in [0.3, 0.4) is 0 Å². The SMILES string of the molecule is N#Cc1c(CN2CCCNCC2)cn2ccccc12. The van der Waals surface area contributed by atoms with E-state index >= 15 is 0 Å². The second kappa shape index (κ2) is 5.43. The molecule has 0 aliphatic carbocycles. The normalized spacial score (nSPS) is 17.2. The molecule has 1 N–H and O–H groups in total. The maximum Gasteiger partial charge on any atom is 0.102 e. The summed E-state index contributed by atoms with van der Waals surface area (Å²) >= 11 is 0. The maximum absolute atomic E-state index is 9.40. The number of hydrogen-bond acceptors (Lipinski definition) is 3. The molecule has 0 unspecified atom stereocenters. The minimum absolute atomic E-state index is 0.817. The van der Waals surface area contributed by atoms with Gasteiger partial charge in [-0.1, -0.05) is 6.07 Å². The molecule has 19 heavy (non-hydrogen) atoms. The molecule has 4 nitrogen and oxygen atoms in total. The van der Waals surface area contributed by atoms with Crippen LogP contribution >= 0.6 is 0 Å². The van der Waals surface area contributed by atoms with Crippen molar-refractivity contribution in [1.82, 2.24) is 14.6 Å². The van der Waals surface area contributed by atoms with E-state index in [2.05, 4.69) is 22.5 Å². The van der Waals surface area contributed by atoms with Crippen molar-refractivity contribution in [2.75, 3.05) is 26.2 Å². The Bertz CT molecular complexity index is 600. The number of nitrogens with one attached hydrogen (secondary N) is 1. The highest BCUT2D eigenvalue weighted by Gasteiger charge is 2.14. The lowest BCUT2D eigenvalue weighted by atomic mass is 10.1. The van der Waals surface area contributed by atoms with Crippen LogP contribution in [0.2, 0.25) is 0 Å². The Morgan fingerprint density at radius 2 is 2.21 bits per heavy atom. The monoisotopic (exact) mass is 254 g/mol. The quantitative estimate of drug-likeness (QED) is 0.885. The lowest BCUT2D eigenvalue weighted by molar-refractivity contribution is 0.284. The molecule has 0 amide bonds. The van der Waals surface area contributed by atoms with Gasteiger partial charge in [0.2, 0.25) is 0 Å². The Kier molecular flexibility index (Phi) is 3.49. The number of aromatic nitrogens is 1. The third-order valence-corrected chi connectivity index (χ3v) is 3.70. The number of pyridine rings is 1. The summed E-state index contributed by atoms with van der Waals surface area (Å²) in [4.78, 5) is 2.43. The zero-order valence-electron chi connectivity index (χ0n) is 11.0. The summed E-state index contributed by atoms with van der Waals surface area (Å²) in [5.74, 6) is 0. The van der Waals surface area contributed by atoms with Crippen LogP contribution in [0.25, 0.3) is 5.52 Å². The first kappa shape index (κ1) is 12.2. The highest BCUT2D eigenvalue weighted by Crippen LogP contribution is 2.19. The summed E-state index contributed by atoms with van der Waals surface area (Å²) in [6.07, 6.45) is 5.27. The molecule has 4 heteroatoms. The van der Waals surface area contributed by atoms with Crippen LogP contribution in [0.15, 0.2) is 30.6 Å². The van der Waals surface area contributed by atoms with Gasteiger partial charge in [-0.05, 0) is 31.6 Å². The Balaban J connectivity index is 1.89. The lowest BCUT2D eigenvalue weighted by Gasteiger charge is -2.18. The van der Waals surface area contributed by atoms with E-state index in [1.807, 2.05) is 28.8 Å². The molecule has 3 rings (SSSR count). The van der Waals surface area contributed by atoms with Gasteiger partial charge in [-0.25, -0.2) is 0 Å². The molecule has 1 aliphatic heterocycles. The molecular weight excluding hydrogens is 236 g/mol. The summed E-state index contributed by atoms with van der Waals surface area (Å²) in [7, 11) is 0. The van der Waals surface area contributed by atoms with Gasteiger partial charge in [0.15, 0.2) is 0 Å². The van der Waals surface area contributed by atoms with Crippen molar-refractivity contribution in [3.63, 3.8) is 0 Å². The Labute approximate surface area is 113 Å². The fourth-order valence-electron chi connectivity index (χ4n) is 2.73. The van der Waals surface area contributed by atoms with Crippen molar-refractivity contribution in [3.05, 3.63) is 41.7 Å². The van der Waals surface area contributed by atoms with Crippen LogP contribution in [-0.2, 0) is 6.54 Å². The fraction of sp³-hybridized carbons (Fsp3) is 0.400. The minimum atomic E-state index is 0.817. The van der Waals surface area contributed by atoms with Gasteiger partial charge in [-0.2, -0.15) is 5.26 Å². The second-order valence-electron chi connectivity index (χ2n) is 5.01. The van der Waals surface area contributed by atoms with E-state index in [9.17, 15) is 5.26 Å². The standard InChI is InChI=1S/C15H18N4/c16-10-14-13(11-18-7-3-5-17-6-9-18)12-19-8-2-1-4-15(14)19/h1-2,4,8,12,17H,3,5-7,9,11H2. The predicted molar refractivity (Wildman–Crippen MR) is 74.9 cm³/mol. The second-order valence-corrected chi connectivity index (χ2v) is 5.01. The van der Waals surface area contributed by atoms with Crippen LogP contribution < -0.4 is 5.32 Å². The van der Waals surface area contributed by atoms with Crippen molar-refractivity contribution in [2.24, 2.45) is 0 Å². The third-order valence-electron chi connectivity index (χ3n) is 3.70. The predicted octanol–water partition coefficient (Wildman–Crippen LogP) is 1.61. The van der Waals surface area contributed by atoms with E-state index in [0.29, 0.717) is 0 Å². The Morgan fingerprint density at radius 1 is 1.26 bits per heavy atom. The molecule has 0 aromatic carbocycles. The first-order chi connectivity index (χ1) is 9.38. The minimum Gasteiger partial charge on any atom is -0.322 e. The molecule has 0 bridgehead atoms. The molecule has 0 spiro atoms. The van der Waals surface area contributed by atoms with Gasteiger partial charge in [-0.15, -0.1) is 0 Å². The Hall–Kier alpha value is -1.83. The number of hydrogen-bond donors (Lipinski definition) is 1. The zero-order chi connectivity index (χ0) is 13.1. The Morgan fingerprint density at radius 3 is 3.11 bits per heavy atom. The molecule has 0 atom stereocenters. The summed E-state index contributed by atoms with van der Waals surface area (Å²) in [5.41, 5.74) is 2.96. The molecule has 1 saturated heterocycles. The average molecular weight is 254 g/mol. The van der Waals surface area contributed by atoms with Gasteiger partial charge in [0.05, 0.1) is 11.1 Å². The smallest absolute Gasteiger partial charge is 0.102 e. The van der Waals surface area contributed by atoms with Crippen LogP contribution in [0.4, 0.5) is 0 Å². The van der Waals surface area contributed by atoms with E-state index in [1.165, 1.54) is 6.42 Å². The van der Waals surface area contributed by atoms with Gasteiger partial charge in [0.1, 0.15) is 6.07 Å². The summed E-state index contributed by atoms with van der Waals surface area (Å²) in [6, 6.07) is 8.34. The number of nitrogens with zero attached hydrogens (tertiary/aromatic N) is 3. The van der Waals surface area contributed by atoms with Crippen molar-refractivity contribution < 1.29 is 0 Å². The van der Waals surface area contributed by atoms with E-state index in [1.54, 1.807) is 0 Å². The molecule has 1 aliphatic rings. The number of nitriles is 1. The molecule has 2 aromatic heterocycles. The van der Waals surface area contributed by atoms with E-state index in [4.69, 9.17) is 0 Å². The van der Waals surface area contributed by atoms with Gasteiger partial charge in [0.25, 0.3) is 0 Å². The average Bonchev–Trinajstić information content (AvgIpc) is 2.60. The largest absolute Gasteiger partial charge is 0.322 e. The lowest BCUT2D eigenvalue weighted by Crippen LogP contribution is -2.27. The zero-order valence-corrected chi connectivity index (χ0v) is 11.0. The number of rotatable bonds is 2. The van der Waals surface area contributed by atoms with Crippen molar-refractivity contribution in [1.29, 1.82) is 5.26 Å². The molecule has 0 saturated carbocycles. The fourth-order valence-corrected chi connectivity index (χ4v) is 2.73. The molecule has 98 valence electrons. The van der Waals surface area contributed by atoms with Crippen LogP contribution in [0.5, 0.6) is 0 Å².